The average molecular weight is 399 g/mol. The van der Waals surface area contributed by atoms with Gasteiger partial charge in [0.2, 0.25) is 0 Å². The Morgan fingerprint density at radius 1 is 1.10 bits per heavy atom. The van der Waals surface area contributed by atoms with E-state index in [0.717, 1.165) is 17.7 Å². The Balaban J connectivity index is 2.03. The Morgan fingerprint density at radius 3 is 2.38 bits per heavy atom. The van der Waals surface area contributed by atoms with Crippen molar-refractivity contribution in [2.45, 2.75) is 32.7 Å². The molecular formula is C23H31FN4O. The first-order valence-electron chi connectivity index (χ1n) is 9.82. The maximum absolute atomic E-state index is 13.6. The molecule has 0 saturated carbocycles. The summed E-state index contributed by atoms with van der Waals surface area (Å²) in [6.45, 7) is 7.99. The molecule has 0 radical (unpaired) electrons. The van der Waals surface area contributed by atoms with Crippen molar-refractivity contribution < 1.29 is 9.18 Å². The molecule has 5 nitrogen and oxygen atoms in total. The van der Waals surface area contributed by atoms with Crippen LogP contribution in [0.2, 0.25) is 0 Å². The van der Waals surface area contributed by atoms with Crippen molar-refractivity contribution in [2.75, 3.05) is 27.2 Å². The predicted octanol–water partition coefficient (Wildman–Crippen LogP) is 3.56. The number of carbonyl (C=O) groups excluding carboxylic acids is 1. The van der Waals surface area contributed by atoms with E-state index < -0.39 is 0 Å². The lowest BCUT2D eigenvalue weighted by Crippen LogP contribution is -2.43. The molecule has 0 fully saturated rings. The number of rotatable bonds is 7. The summed E-state index contributed by atoms with van der Waals surface area (Å²) in [4.78, 5) is 18.2. The normalized spacial score (nSPS) is 11.9. The first-order chi connectivity index (χ1) is 13.7. The Hall–Kier alpha value is -2.89. The topological polar surface area (TPSA) is 56.7 Å². The van der Waals surface area contributed by atoms with Gasteiger partial charge in [0.25, 0.3) is 5.91 Å². The van der Waals surface area contributed by atoms with Gasteiger partial charge in [-0.3, -0.25) is 4.79 Å². The Bertz CT molecular complexity index is 844. The van der Waals surface area contributed by atoms with Crippen molar-refractivity contribution in [2.24, 2.45) is 4.99 Å². The van der Waals surface area contributed by atoms with Gasteiger partial charge in [-0.15, -0.1) is 0 Å². The van der Waals surface area contributed by atoms with E-state index in [9.17, 15) is 9.18 Å². The van der Waals surface area contributed by atoms with Crippen LogP contribution in [0.15, 0.2) is 53.5 Å². The molecule has 1 amide bonds. The zero-order chi connectivity index (χ0) is 21.4. The van der Waals surface area contributed by atoms with E-state index in [4.69, 9.17) is 0 Å². The number of aliphatic imine (C=N–C) groups is 1. The molecule has 0 aliphatic rings. The Morgan fingerprint density at radius 2 is 1.79 bits per heavy atom. The fourth-order valence-electron chi connectivity index (χ4n) is 2.84. The molecule has 0 unspecified atom stereocenters. The van der Waals surface area contributed by atoms with Crippen LogP contribution >= 0.6 is 0 Å². The molecule has 156 valence electrons. The van der Waals surface area contributed by atoms with Crippen molar-refractivity contribution in [1.82, 2.24) is 15.5 Å². The first-order valence-corrected chi connectivity index (χ1v) is 9.82. The van der Waals surface area contributed by atoms with Crippen molar-refractivity contribution in [3.63, 3.8) is 0 Å². The zero-order valence-electron chi connectivity index (χ0n) is 17.9. The van der Waals surface area contributed by atoms with Gasteiger partial charge in [0, 0.05) is 38.2 Å². The molecule has 0 saturated heterocycles. The van der Waals surface area contributed by atoms with Crippen molar-refractivity contribution in [3.05, 3.63) is 71.0 Å². The van der Waals surface area contributed by atoms with Gasteiger partial charge in [-0.05, 0) is 42.3 Å². The minimum absolute atomic E-state index is 0.0189. The highest BCUT2D eigenvalue weighted by molar-refractivity contribution is 5.93. The summed E-state index contributed by atoms with van der Waals surface area (Å²) in [6, 6.07) is 14.2. The second-order valence-electron chi connectivity index (χ2n) is 7.84. The number of benzene rings is 2. The summed E-state index contributed by atoms with van der Waals surface area (Å²) in [5.74, 6) is 0.451. The van der Waals surface area contributed by atoms with Crippen LogP contribution in [0.25, 0.3) is 0 Å². The summed E-state index contributed by atoms with van der Waals surface area (Å²) in [7, 11) is 3.47. The van der Waals surface area contributed by atoms with Crippen LogP contribution in [0.5, 0.6) is 0 Å². The molecule has 2 rings (SSSR count). The molecule has 0 aliphatic heterocycles. The summed E-state index contributed by atoms with van der Waals surface area (Å²) in [5, 5.41) is 6.59. The van der Waals surface area contributed by atoms with Gasteiger partial charge < -0.3 is 15.5 Å². The SMILES string of the molecule is CCNC(=NCc1ccc(C(=O)N(C)C)cc1)NCC(C)(C)c1cccc(F)c1. The van der Waals surface area contributed by atoms with E-state index in [2.05, 4.69) is 29.5 Å². The summed E-state index contributed by atoms with van der Waals surface area (Å²) in [6.07, 6.45) is 0. The molecule has 0 aromatic heterocycles. The lowest BCUT2D eigenvalue weighted by atomic mass is 9.84. The molecule has 29 heavy (non-hydrogen) atoms. The van der Waals surface area contributed by atoms with E-state index in [-0.39, 0.29) is 17.1 Å². The number of hydrogen-bond acceptors (Lipinski definition) is 2. The Labute approximate surface area is 173 Å². The second kappa shape index (κ2) is 10.0. The molecule has 6 heteroatoms. The Kier molecular flexibility index (Phi) is 7.76. The van der Waals surface area contributed by atoms with Crippen molar-refractivity contribution in [3.8, 4) is 0 Å². The number of nitrogens with one attached hydrogen (secondary N) is 2. The van der Waals surface area contributed by atoms with Crippen LogP contribution in [-0.2, 0) is 12.0 Å². The number of guanidine groups is 1. The van der Waals surface area contributed by atoms with Gasteiger partial charge in [0.1, 0.15) is 5.82 Å². The fourth-order valence-corrected chi connectivity index (χ4v) is 2.84. The maximum Gasteiger partial charge on any atom is 0.253 e. The number of carbonyl (C=O) groups is 1. The van der Waals surface area contributed by atoms with Crippen LogP contribution < -0.4 is 10.6 Å². The monoisotopic (exact) mass is 398 g/mol. The molecule has 2 aromatic carbocycles. The van der Waals surface area contributed by atoms with E-state index in [1.807, 2.05) is 37.3 Å². The van der Waals surface area contributed by atoms with Crippen LogP contribution in [0.3, 0.4) is 0 Å². The van der Waals surface area contributed by atoms with Gasteiger partial charge in [-0.2, -0.15) is 0 Å². The third-order valence-corrected chi connectivity index (χ3v) is 4.67. The standard InChI is InChI=1S/C23H31FN4O/c1-6-25-22(27-16-23(2,3)19-8-7-9-20(24)14-19)26-15-17-10-12-18(13-11-17)21(29)28(4)5/h7-14H,6,15-16H2,1-5H3,(H2,25,26,27). The van der Waals surface area contributed by atoms with Crippen LogP contribution in [0.1, 0.15) is 42.3 Å². The zero-order valence-corrected chi connectivity index (χ0v) is 17.9. The molecule has 0 aliphatic carbocycles. The third kappa shape index (κ3) is 6.59. The molecule has 0 heterocycles. The van der Waals surface area contributed by atoms with E-state index in [0.29, 0.717) is 24.6 Å². The molecule has 2 N–H and O–H groups in total. The van der Waals surface area contributed by atoms with Crippen molar-refractivity contribution >= 4 is 11.9 Å². The molecule has 0 bridgehead atoms. The van der Waals surface area contributed by atoms with Gasteiger partial charge in [-0.1, -0.05) is 38.1 Å². The highest BCUT2D eigenvalue weighted by Gasteiger charge is 2.21. The largest absolute Gasteiger partial charge is 0.357 e. The van der Waals surface area contributed by atoms with Crippen LogP contribution in [0.4, 0.5) is 4.39 Å². The smallest absolute Gasteiger partial charge is 0.253 e. The van der Waals surface area contributed by atoms with E-state index in [1.54, 1.807) is 31.1 Å². The summed E-state index contributed by atoms with van der Waals surface area (Å²) < 4.78 is 13.6. The minimum Gasteiger partial charge on any atom is -0.357 e. The predicted molar refractivity (Wildman–Crippen MR) is 117 cm³/mol. The highest BCUT2D eigenvalue weighted by atomic mass is 19.1. The molecule has 2 aromatic rings. The van der Waals surface area contributed by atoms with Gasteiger partial charge >= 0.3 is 0 Å². The third-order valence-electron chi connectivity index (χ3n) is 4.67. The average Bonchev–Trinajstić information content (AvgIpc) is 2.70. The van der Waals surface area contributed by atoms with Gasteiger partial charge in [0.05, 0.1) is 6.54 Å². The summed E-state index contributed by atoms with van der Waals surface area (Å²) >= 11 is 0. The highest BCUT2D eigenvalue weighted by Crippen LogP contribution is 2.22. The van der Waals surface area contributed by atoms with Crippen LogP contribution in [-0.4, -0.2) is 44.0 Å². The second-order valence-corrected chi connectivity index (χ2v) is 7.84. The van der Waals surface area contributed by atoms with Crippen molar-refractivity contribution in [1.29, 1.82) is 0 Å². The summed E-state index contributed by atoms with van der Waals surface area (Å²) in [5.41, 5.74) is 2.35. The lowest BCUT2D eigenvalue weighted by Gasteiger charge is -2.27. The number of amides is 1. The number of nitrogens with zero attached hydrogens (tertiary/aromatic N) is 2. The number of halogens is 1. The fraction of sp³-hybridized carbons (Fsp3) is 0.391. The van der Waals surface area contributed by atoms with E-state index >= 15 is 0 Å². The first kappa shape index (κ1) is 22.4. The number of hydrogen-bond donors (Lipinski definition) is 2. The van der Waals surface area contributed by atoms with Crippen LogP contribution in [0, 0.1) is 5.82 Å². The molecule has 0 spiro atoms. The molecular weight excluding hydrogens is 367 g/mol. The molecule has 0 atom stereocenters. The quantitative estimate of drug-likeness (QED) is 0.554. The van der Waals surface area contributed by atoms with E-state index in [1.165, 1.54) is 6.07 Å². The maximum atomic E-state index is 13.6. The van der Waals surface area contributed by atoms with Gasteiger partial charge in [-0.25, -0.2) is 9.38 Å². The lowest BCUT2D eigenvalue weighted by molar-refractivity contribution is 0.0827. The van der Waals surface area contributed by atoms with Gasteiger partial charge in [0.15, 0.2) is 5.96 Å². The minimum atomic E-state index is -0.257.